The minimum Gasteiger partial charge on any atom is -0.504 e. The number of ether oxygens (including phenoxy) is 1. The molecule has 0 bridgehead atoms. The van der Waals surface area contributed by atoms with Gasteiger partial charge in [-0.15, -0.1) is 0 Å². The molecule has 1 unspecified atom stereocenters. The molecule has 1 aromatic heterocycles. The number of rotatable bonds is 7. The third-order valence-electron chi connectivity index (χ3n) is 6.44. The maximum Gasteiger partial charge on any atom is 0.235 e. The smallest absolute Gasteiger partial charge is 0.235 e. The Morgan fingerprint density at radius 2 is 1.88 bits per heavy atom. The Labute approximate surface area is 196 Å². The number of benzene rings is 2. The average Bonchev–Trinajstić information content (AvgIpc) is 3.47. The largest absolute Gasteiger partial charge is 0.504 e. The van der Waals surface area contributed by atoms with E-state index in [-0.39, 0.29) is 28.6 Å². The van der Waals surface area contributed by atoms with Gasteiger partial charge >= 0.3 is 0 Å². The Morgan fingerprint density at radius 3 is 2.48 bits per heavy atom. The lowest BCUT2D eigenvalue weighted by Gasteiger charge is -2.24. The zero-order chi connectivity index (χ0) is 24.0. The number of nitrogens with zero attached hydrogens (tertiary/aromatic N) is 1. The van der Waals surface area contributed by atoms with Crippen LogP contribution in [0, 0.1) is 0 Å². The number of aromatic nitrogens is 1. The van der Waals surface area contributed by atoms with Gasteiger partial charge in [0, 0.05) is 48.0 Å². The molecule has 1 aliphatic carbocycles. The highest BCUT2D eigenvalue weighted by Crippen LogP contribution is 2.50. The first-order valence-electron chi connectivity index (χ1n) is 11.3. The van der Waals surface area contributed by atoms with Gasteiger partial charge in [-0.1, -0.05) is 26.8 Å². The highest BCUT2D eigenvalue weighted by molar-refractivity contribution is 6.11. The Morgan fingerprint density at radius 1 is 1.15 bits per heavy atom. The second-order valence-electron chi connectivity index (χ2n) is 10.1. The summed E-state index contributed by atoms with van der Waals surface area (Å²) in [6.07, 6.45) is 1.40. The van der Waals surface area contributed by atoms with Gasteiger partial charge in [-0.2, -0.15) is 0 Å². The molecule has 33 heavy (non-hydrogen) atoms. The van der Waals surface area contributed by atoms with Gasteiger partial charge in [-0.25, -0.2) is 0 Å². The number of anilines is 1. The van der Waals surface area contributed by atoms with E-state index >= 15 is 0 Å². The summed E-state index contributed by atoms with van der Waals surface area (Å²) in [5, 5.41) is 23.6. The molecule has 7 heteroatoms. The van der Waals surface area contributed by atoms with Crippen LogP contribution in [-0.2, 0) is 26.9 Å². The molecule has 0 aliphatic heterocycles. The molecule has 1 fully saturated rings. The summed E-state index contributed by atoms with van der Waals surface area (Å²) >= 11 is 0. The summed E-state index contributed by atoms with van der Waals surface area (Å²) in [5.74, 6) is -0.632. The van der Waals surface area contributed by atoms with Crippen LogP contribution in [0.15, 0.2) is 42.5 Å². The van der Waals surface area contributed by atoms with E-state index in [4.69, 9.17) is 12.6 Å². The molecule has 2 aromatic carbocycles. The fourth-order valence-electron chi connectivity index (χ4n) is 4.51. The van der Waals surface area contributed by atoms with E-state index in [0.29, 0.717) is 31.6 Å². The van der Waals surface area contributed by atoms with Gasteiger partial charge in [-0.3, -0.25) is 4.79 Å². The fraction of sp³-hybridized carbons (Fsp3) is 0.423. The SMILES string of the molecule is [B]C(COC)Cn1c(C(C)(C)C)cc2cc(NC(=O)C3(c4ccc(O)c(O)c4)CC3)ccc21. The minimum atomic E-state index is -0.671. The number of phenolic OH excluding ortho intramolecular Hbond substituents is 2. The van der Waals surface area contributed by atoms with Crippen molar-refractivity contribution in [3.05, 3.63) is 53.7 Å². The van der Waals surface area contributed by atoms with E-state index in [0.717, 1.165) is 16.6 Å². The predicted octanol–water partition coefficient (Wildman–Crippen LogP) is 4.62. The first kappa shape index (κ1) is 23.2. The molecule has 1 heterocycles. The van der Waals surface area contributed by atoms with E-state index in [1.165, 1.54) is 17.8 Å². The van der Waals surface area contributed by atoms with E-state index in [1.54, 1.807) is 13.2 Å². The monoisotopic (exact) mass is 446 g/mol. The van der Waals surface area contributed by atoms with E-state index < -0.39 is 5.41 Å². The lowest BCUT2D eigenvalue weighted by atomic mass is 9.87. The van der Waals surface area contributed by atoms with Crippen molar-refractivity contribution in [2.24, 2.45) is 0 Å². The molecular formula is C26H31BN2O4. The zero-order valence-corrected chi connectivity index (χ0v) is 19.7. The number of amides is 1. The molecule has 0 saturated heterocycles. The molecule has 4 rings (SSSR count). The number of aromatic hydroxyl groups is 2. The molecule has 1 saturated carbocycles. The number of fused-ring (bicyclic) bond motifs is 1. The normalized spacial score (nSPS) is 16.0. The summed E-state index contributed by atoms with van der Waals surface area (Å²) in [5.41, 5.74) is 2.93. The topological polar surface area (TPSA) is 83.7 Å². The summed E-state index contributed by atoms with van der Waals surface area (Å²) < 4.78 is 7.47. The molecule has 1 atom stereocenters. The highest BCUT2D eigenvalue weighted by Gasteiger charge is 2.51. The second kappa shape index (κ2) is 8.45. The van der Waals surface area contributed by atoms with Gasteiger partial charge in [0.1, 0.15) is 0 Å². The maximum atomic E-state index is 13.2. The van der Waals surface area contributed by atoms with Crippen LogP contribution in [0.5, 0.6) is 11.5 Å². The van der Waals surface area contributed by atoms with Crippen molar-refractivity contribution in [1.82, 2.24) is 4.57 Å². The Kier molecular flexibility index (Phi) is 5.95. The van der Waals surface area contributed by atoms with Crippen LogP contribution in [0.1, 0.15) is 44.9 Å². The van der Waals surface area contributed by atoms with Crippen LogP contribution in [-0.4, -0.2) is 42.3 Å². The fourth-order valence-corrected chi connectivity index (χ4v) is 4.51. The first-order chi connectivity index (χ1) is 15.5. The molecule has 1 amide bonds. The number of carbonyl (C=O) groups excluding carboxylic acids is 1. The molecule has 3 N–H and O–H groups in total. The first-order valence-corrected chi connectivity index (χ1v) is 11.3. The molecule has 0 spiro atoms. The van der Waals surface area contributed by atoms with Crippen molar-refractivity contribution in [2.75, 3.05) is 19.0 Å². The summed E-state index contributed by atoms with van der Waals surface area (Å²) in [6.45, 7) is 7.64. The van der Waals surface area contributed by atoms with Gasteiger partial charge < -0.3 is 24.8 Å². The number of nitrogens with one attached hydrogen (secondary N) is 1. The van der Waals surface area contributed by atoms with Crippen LogP contribution in [0.2, 0.25) is 5.82 Å². The maximum absolute atomic E-state index is 13.2. The van der Waals surface area contributed by atoms with Crippen LogP contribution < -0.4 is 5.32 Å². The number of phenols is 2. The van der Waals surface area contributed by atoms with Crippen molar-refractivity contribution in [2.45, 2.75) is 56.8 Å². The Bertz CT molecular complexity index is 1190. The number of carbonyl (C=O) groups is 1. The number of methoxy groups -OCH3 is 1. The predicted molar refractivity (Wildman–Crippen MR) is 131 cm³/mol. The highest BCUT2D eigenvalue weighted by atomic mass is 16.5. The van der Waals surface area contributed by atoms with E-state index in [2.05, 4.69) is 36.7 Å². The van der Waals surface area contributed by atoms with Gasteiger partial charge in [0.25, 0.3) is 0 Å². The Hall–Kier alpha value is -2.93. The number of hydrogen-bond acceptors (Lipinski definition) is 4. The standard InChI is InChI=1S/C26H31BN2O4/c1-25(2,3)23-12-16-11-19(6-7-20(16)29(23)14-18(27)15-33-4)28-24(32)26(9-10-26)17-5-8-21(30)22(31)13-17/h5-8,11-13,18,30-31H,9-10,14-15H2,1-4H3,(H,28,32). The zero-order valence-electron chi connectivity index (χ0n) is 19.7. The van der Waals surface area contributed by atoms with Crippen molar-refractivity contribution in [3.8, 4) is 11.5 Å². The third-order valence-corrected chi connectivity index (χ3v) is 6.44. The van der Waals surface area contributed by atoms with E-state index in [9.17, 15) is 15.0 Å². The van der Waals surface area contributed by atoms with Crippen molar-refractivity contribution in [1.29, 1.82) is 0 Å². The van der Waals surface area contributed by atoms with Crippen LogP contribution in [0.3, 0.4) is 0 Å². The average molecular weight is 446 g/mol. The van der Waals surface area contributed by atoms with Crippen LogP contribution >= 0.6 is 0 Å². The lowest BCUT2D eigenvalue weighted by Crippen LogP contribution is -2.27. The van der Waals surface area contributed by atoms with Gasteiger partial charge in [0.05, 0.1) is 13.3 Å². The van der Waals surface area contributed by atoms with E-state index in [1.807, 2.05) is 18.2 Å². The molecule has 172 valence electrons. The number of hydrogen-bond donors (Lipinski definition) is 3. The van der Waals surface area contributed by atoms with Crippen molar-refractivity contribution in [3.63, 3.8) is 0 Å². The third kappa shape index (κ3) is 4.47. The molecule has 1 aliphatic rings. The molecule has 6 nitrogen and oxygen atoms in total. The summed E-state index contributed by atoms with van der Waals surface area (Å²) in [6, 6.07) is 12.7. The van der Waals surface area contributed by atoms with Crippen molar-refractivity contribution >= 4 is 30.3 Å². The van der Waals surface area contributed by atoms with Crippen LogP contribution in [0.4, 0.5) is 5.69 Å². The van der Waals surface area contributed by atoms with Gasteiger partial charge in [0.2, 0.25) is 5.91 Å². The molecule has 2 radical (unpaired) electrons. The second-order valence-corrected chi connectivity index (χ2v) is 10.1. The minimum absolute atomic E-state index is 0.0752. The van der Waals surface area contributed by atoms with Crippen molar-refractivity contribution < 1.29 is 19.7 Å². The molecular weight excluding hydrogens is 415 g/mol. The molecule has 3 aromatic rings. The Balaban J connectivity index is 1.63. The van der Waals surface area contributed by atoms with Crippen LogP contribution in [0.25, 0.3) is 10.9 Å². The summed E-state index contributed by atoms with van der Waals surface area (Å²) in [7, 11) is 7.92. The van der Waals surface area contributed by atoms with Gasteiger partial charge in [0.15, 0.2) is 11.5 Å². The lowest BCUT2D eigenvalue weighted by molar-refractivity contribution is -0.118. The summed E-state index contributed by atoms with van der Waals surface area (Å²) in [4.78, 5) is 13.2. The quantitative estimate of drug-likeness (QED) is 0.365. The van der Waals surface area contributed by atoms with Gasteiger partial charge in [-0.05, 0) is 60.6 Å².